The van der Waals surface area contributed by atoms with Gasteiger partial charge in [0, 0.05) is 0 Å². The van der Waals surface area contributed by atoms with Gasteiger partial charge in [0.2, 0.25) is 0 Å². The lowest BCUT2D eigenvalue weighted by Crippen LogP contribution is -2.33. The van der Waals surface area contributed by atoms with E-state index in [1.54, 1.807) is 0 Å². The molecule has 17 heteroatoms. The first-order valence-electron chi connectivity index (χ1n) is 7.09. The van der Waals surface area contributed by atoms with Gasteiger partial charge in [-0.1, -0.05) is 0 Å². The monoisotopic (exact) mass is 430 g/mol. The minimum Gasteiger partial charge on any atom is -0.387 e. The quantitative estimate of drug-likeness (QED) is 0.246. The van der Waals surface area contributed by atoms with Crippen LogP contribution >= 0.6 is 7.82 Å². The molecule has 150 valence electrons. The van der Waals surface area contributed by atoms with Crippen LogP contribution in [0.15, 0.2) is 12.7 Å². The normalized spacial score (nSPS) is 28.4. The highest BCUT2D eigenvalue weighted by Crippen LogP contribution is 2.45. The van der Waals surface area contributed by atoms with Crippen molar-refractivity contribution >= 4 is 35.2 Å². The molecule has 1 unspecified atom stereocenters. The molecule has 1 saturated heterocycles. The smallest absolute Gasteiger partial charge is 0.387 e. The van der Waals surface area contributed by atoms with Crippen LogP contribution in [0.2, 0.25) is 0 Å². The van der Waals surface area contributed by atoms with Gasteiger partial charge in [0.25, 0.3) is 0 Å². The molecule has 15 nitrogen and oxygen atoms in total. The van der Waals surface area contributed by atoms with Crippen LogP contribution in [0.5, 0.6) is 0 Å². The summed E-state index contributed by atoms with van der Waals surface area (Å²) in [5.74, 6) is 0.0789. The van der Waals surface area contributed by atoms with Crippen molar-refractivity contribution in [1.82, 2.24) is 19.5 Å². The topological polar surface area (TPSA) is 229 Å². The molecule has 0 spiro atoms. The summed E-state index contributed by atoms with van der Waals surface area (Å²) in [6, 6.07) is 0. The standard InChI is InChI=1S/C10H14N5O10PS/c11-8-5-9(13-2-12-8)15(3-14-5)10-7(17)6(16)4(24-10)1-23-26(18,19)25-27(20,21)22/h2-4,6-7,10,16-17H,1H2,(H,18,19)(H2,11,12,13)(H,20,21,22)/t4-,6-,7-,10-/m1/s1/i27+3. The van der Waals surface area contributed by atoms with Crippen LogP contribution in [-0.2, 0) is 28.2 Å². The number of phosphoric acid groups is 1. The average Bonchev–Trinajstić information content (AvgIpc) is 3.07. The summed E-state index contributed by atoms with van der Waals surface area (Å²) in [4.78, 5) is 20.9. The lowest BCUT2D eigenvalue weighted by Gasteiger charge is -2.16. The molecule has 0 bridgehead atoms. The number of fused-ring (bicyclic) bond motifs is 1. The second-order valence-corrected chi connectivity index (χ2v) is 8.04. The Bertz CT molecular complexity index is 997. The van der Waals surface area contributed by atoms with E-state index in [2.05, 4.69) is 23.4 Å². The number of aliphatic hydroxyl groups excluding tert-OH is 2. The van der Waals surface area contributed by atoms with E-state index in [1.165, 1.54) is 10.9 Å². The Hall–Kier alpha value is -1.75. The van der Waals surface area contributed by atoms with Crippen LogP contribution in [0.3, 0.4) is 0 Å². The van der Waals surface area contributed by atoms with Crippen LogP contribution in [-0.4, -0.2) is 72.5 Å². The molecule has 6 N–H and O–H groups in total. The Morgan fingerprint density at radius 2 is 2.00 bits per heavy atom. The van der Waals surface area contributed by atoms with Gasteiger partial charge in [-0.15, -0.1) is 3.97 Å². The largest absolute Gasteiger partial charge is 0.488 e. The lowest BCUT2D eigenvalue weighted by atomic mass is 10.1. The van der Waals surface area contributed by atoms with Gasteiger partial charge in [-0.2, -0.15) is 8.42 Å². The highest BCUT2D eigenvalue weighted by atomic mass is 35.1. The molecule has 0 aromatic carbocycles. The maximum Gasteiger partial charge on any atom is 0.488 e. The van der Waals surface area contributed by atoms with E-state index in [4.69, 9.17) is 15.0 Å². The SMILES string of the molecule is Nc1ncnc2c1ncn2[C@@H]1O[C@H](COP(=O)(O)O[35S](=O)(=O)O)[C@@H](O)[C@H]1O. The molecule has 2 aromatic heterocycles. The van der Waals surface area contributed by atoms with Crippen LogP contribution in [0.4, 0.5) is 5.82 Å². The molecule has 0 saturated carbocycles. The van der Waals surface area contributed by atoms with Crippen LogP contribution in [0.1, 0.15) is 6.23 Å². The number of nitrogen functional groups attached to an aromatic ring is 1. The predicted molar refractivity (Wildman–Crippen MR) is 84.1 cm³/mol. The van der Waals surface area contributed by atoms with Crippen molar-refractivity contribution in [2.75, 3.05) is 12.3 Å². The number of nitrogens with two attached hydrogens (primary N) is 1. The number of anilines is 1. The third-order valence-corrected chi connectivity index (χ3v) is 5.57. The van der Waals surface area contributed by atoms with Gasteiger partial charge < -0.3 is 25.6 Å². The summed E-state index contributed by atoms with van der Waals surface area (Å²) in [5.41, 5.74) is 6.08. The number of phosphoric ester groups is 1. The van der Waals surface area contributed by atoms with Crippen LogP contribution in [0.25, 0.3) is 11.2 Å². The summed E-state index contributed by atoms with van der Waals surface area (Å²) in [7, 11) is -10.5. The van der Waals surface area contributed by atoms with Crippen molar-refractivity contribution in [2.45, 2.75) is 24.5 Å². The molecule has 3 heterocycles. The zero-order chi connectivity index (χ0) is 20.0. The summed E-state index contributed by atoms with van der Waals surface area (Å²) < 4.78 is 55.3. The summed E-state index contributed by atoms with van der Waals surface area (Å²) >= 11 is 0. The Kier molecular flexibility index (Phi) is 5.19. The van der Waals surface area contributed by atoms with Gasteiger partial charge in [-0.05, 0) is 0 Å². The minimum atomic E-state index is -5.26. The summed E-state index contributed by atoms with van der Waals surface area (Å²) in [5, 5.41) is 20.2. The fraction of sp³-hybridized carbons (Fsp3) is 0.500. The van der Waals surface area contributed by atoms with Crippen LogP contribution < -0.4 is 5.73 Å². The number of aliphatic hydroxyl groups is 2. The summed E-state index contributed by atoms with van der Waals surface area (Å²) in [6.07, 6.45) is -3.29. The van der Waals surface area contributed by atoms with E-state index >= 15 is 0 Å². The highest BCUT2D eigenvalue weighted by molar-refractivity contribution is 7.85. The first kappa shape index (κ1) is 20.0. The molecule has 1 aliphatic heterocycles. The van der Waals surface area contributed by atoms with Crippen molar-refractivity contribution in [2.24, 2.45) is 0 Å². The van der Waals surface area contributed by atoms with Gasteiger partial charge in [0.1, 0.15) is 30.2 Å². The number of aromatic nitrogens is 4. The molecular formula is C10H14N5O10PS. The average molecular weight is 430 g/mol. The van der Waals surface area contributed by atoms with Crippen molar-refractivity contribution < 1.29 is 45.9 Å². The fourth-order valence-corrected chi connectivity index (χ4v) is 3.92. The zero-order valence-corrected chi connectivity index (χ0v) is 14.8. The molecular weight excluding hydrogens is 416 g/mol. The predicted octanol–water partition coefficient (Wildman–Crippen LogP) is -2.04. The second kappa shape index (κ2) is 7.01. The summed E-state index contributed by atoms with van der Waals surface area (Å²) in [6.45, 7) is -0.845. The Morgan fingerprint density at radius 1 is 1.30 bits per heavy atom. The Labute approximate surface area is 150 Å². The Morgan fingerprint density at radius 3 is 2.67 bits per heavy atom. The van der Waals surface area contributed by atoms with E-state index < -0.39 is 49.4 Å². The molecule has 3 rings (SSSR count). The van der Waals surface area contributed by atoms with Crippen molar-refractivity contribution in [3.05, 3.63) is 12.7 Å². The van der Waals surface area contributed by atoms with E-state index in [9.17, 15) is 28.1 Å². The van der Waals surface area contributed by atoms with E-state index in [1.807, 2.05) is 0 Å². The number of hydrogen-bond acceptors (Lipinski definition) is 12. The Balaban J connectivity index is 1.76. The van der Waals surface area contributed by atoms with Crippen molar-refractivity contribution in [3.8, 4) is 0 Å². The third kappa shape index (κ3) is 4.23. The van der Waals surface area contributed by atoms with Gasteiger partial charge >= 0.3 is 18.2 Å². The van der Waals surface area contributed by atoms with Crippen LogP contribution in [0, 0.1) is 0 Å². The lowest BCUT2D eigenvalue weighted by molar-refractivity contribution is -0.0501. The first-order chi connectivity index (χ1) is 12.5. The van der Waals surface area contributed by atoms with Gasteiger partial charge in [-0.3, -0.25) is 13.6 Å². The number of ether oxygens (including phenoxy) is 1. The number of imidazole rings is 1. The molecule has 5 atom stereocenters. The molecule has 0 radical (unpaired) electrons. The number of nitrogens with zero attached hydrogens (tertiary/aromatic N) is 4. The molecule has 1 fully saturated rings. The van der Waals surface area contributed by atoms with Gasteiger partial charge in [0.05, 0.1) is 12.9 Å². The maximum atomic E-state index is 11.4. The first-order valence-corrected chi connectivity index (χ1v) is 9.95. The van der Waals surface area contributed by atoms with E-state index in [0.29, 0.717) is 0 Å². The van der Waals surface area contributed by atoms with Gasteiger partial charge in [-0.25, -0.2) is 19.5 Å². The molecule has 2 aromatic rings. The van der Waals surface area contributed by atoms with Crippen molar-refractivity contribution in [3.63, 3.8) is 0 Å². The van der Waals surface area contributed by atoms with Crippen molar-refractivity contribution in [1.29, 1.82) is 0 Å². The fourth-order valence-electron chi connectivity index (χ4n) is 2.46. The molecule has 27 heavy (non-hydrogen) atoms. The molecule has 1 aliphatic rings. The zero-order valence-electron chi connectivity index (χ0n) is 13.1. The number of rotatable bonds is 6. The van der Waals surface area contributed by atoms with Gasteiger partial charge in [0.15, 0.2) is 17.7 Å². The van der Waals surface area contributed by atoms with E-state index in [0.717, 1.165) is 6.33 Å². The van der Waals surface area contributed by atoms with E-state index in [-0.39, 0.29) is 17.0 Å². The minimum absolute atomic E-state index is 0.0789. The maximum absolute atomic E-state index is 11.4. The third-order valence-electron chi connectivity index (χ3n) is 3.59. The number of hydrogen-bond donors (Lipinski definition) is 5. The highest BCUT2D eigenvalue weighted by Gasteiger charge is 2.45. The molecule has 0 amide bonds. The second-order valence-electron chi connectivity index (χ2n) is 5.40. The molecule has 0 aliphatic carbocycles.